The number of hydrogen-bond acceptors (Lipinski definition) is 7. The van der Waals surface area contributed by atoms with Crippen LogP contribution >= 0.6 is 0 Å². The summed E-state index contributed by atoms with van der Waals surface area (Å²) in [5, 5.41) is 0. The van der Waals surface area contributed by atoms with Crippen molar-refractivity contribution < 1.29 is 28.6 Å². The number of amides is 1. The first-order chi connectivity index (χ1) is 13.9. The van der Waals surface area contributed by atoms with Gasteiger partial charge in [-0.3, -0.25) is 9.59 Å². The molecule has 1 aliphatic heterocycles. The van der Waals surface area contributed by atoms with Crippen LogP contribution in [0.25, 0.3) is 0 Å². The van der Waals surface area contributed by atoms with Gasteiger partial charge in [-0.05, 0) is 49.8 Å². The number of methoxy groups -OCH3 is 2. The zero-order chi connectivity index (χ0) is 20.8. The van der Waals surface area contributed by atoms with Gasteiger partial charge in [-0.15, -0.1) is 0 Å². The van der Waals surface area contributed by atoms with Crippen molar-refractivity contribution in [3.05, 3.63) is 29.3 Å². The van der Waals surface area contributed by atoms with Gasteiger partial charge in [-0.1, -0.05) is 6.07 Å². The zero-order valence-electron chi connectivity index (χ0n) is 16.7. The molecule has 2 fully saturated rings. The monoisotopic (exact) mass is 402 g/mol. The number of carbonyl (C=O) groups excluding carboxylic acids is 3. The predicted molar refractivity (Wildman–Crippen MR) is 102 cm³/mol. The first-order valence-electron chi connectivity index (χ1n) is 9.94. The minimum atomic E-state index is -0.838. The van der Waals surface area contributed by atoms with Crippen LogP contribution in [0, 0.1) is 0 Å². The highest BCUT2D eigenvalue weighted by atomic mass is 16.5. The van der Waals surface area contributed by atoms with Gasteiger partial charge >= 0.3 is 11.9 Å². The van der Waals surface area contributed by atoms with E-state index in [1.807, 2.05) is 12.1 Å². The molecule has 1 aromatic rings. The molecule has 156 valence electrons. The lowest BCUT2D eigenvalue weighted by Crippen LogP contribution is -2.47. The molecule has 2 saturated carbocycles. The van der Waals surface area contributed by atoms with Crippen molar-refractivity contribution in [2.24, 2.45) is 5.73 Å². The Balaban J connectivity index is 1.59. The summed E-state index contributed by atoms with van der Waals surface area (Å²) in [6.07, 6.45) is 3.42. The van der Waals surface area contributed by atoms with E-state index < -0.39 is 23.5 Å². The molecule has 8 nitrogen and oxygen atoms in total. The molecule has 1 amide bonds. The zero-order valence-corrected chi connectivity index (χ0v) is 16.7. The Labute approximate surface area is 169 Å². The summed E-state index contributed by atoms with van der Waals surface area (Å²) in [4.78, 5) is 39.1. The number of rotatable bonds is 7. The minimum Gasteiger partial charge on any atom is -0.490 e. The second-order valence-corrected chi connectivity index (χ2v) is 8.04. The third-order valence-electron chi connectivity index (χ3n) is 6.19. The number of esters is 2. The van der Waals surface area contributed by atoms with Crippen LogP contribution in [0.2, 0.25) is 0 Å². The van der Waals surface area contributed by atoms with Gasteiger partial charge < -0.3 is 24.8 Å². The first-order valence-corrected chi connectivity index (χ1v) is 9.94. The Kier molecular flexibility index (Phi) is 4.98. The Morgan fingerprint density at radius 2 is 1.97 bits per heavy atom. The molecule has 2 N–H and O–H groups in total. The molecule has 0 radical (unpaired) electrons. The van der Waals surface area contributed by atoms with Gasteiger partial charge in [0.15, 0.2) is 0 Å². The normalized spacial score (nSPS) is 24.5. The second kappa shape index (κ2) is 7.33. The number of benzene rings is 1. The van der Waals surface area contributed by atoms with Gasteiger partial charge in [0.05, 0.1) is 19.8 Å². The van der Waals surface area contributed by atoms with Crippen LogP contribution in [-0.2, 0) is 24.6 Å². The number of nitrogens with two attached hydrogens (primary N) is 1. The minimum absolute atomic E-state index is 0.0305. The van der Waals surface area contributed by atoms with E-state index in [1.165, 1.54) is 14.2 Å². The van der Waals surface area contributed by atoms with Gasteiger partial charge in [0.25, 0.3) is 5.91 Å². The fourth-order valence-electron chi connectivity index (χ4n) is 4.44. The maximum absolute atomic E-state index is 13.3. The molecule has 0 bridgehead atoms. The van der Waals surface area contributed by atoms with E-state index in [0.717, 1.165) is 31.2 Å². The molecular weight excluding hydrogens is 376 g/mol. The van der Waals surface area contributed by atoms with Crippen LogP contribution < -0.4 is 10.5 Å². The summed E-state index contributed by atoms with van der Waals surface area (Å²) in [5.74, 6) is -0.548. The van der Waals surface area contributed by atoms with Crippen LogP contribution in [0.3, 0.4) is 0 Å². The van der Waals surface area contributed by atoms with E-state index in [0.29, 0.717) is 11.3 Å². The topological polar surface area (TPSA) is 108 Å². The van der Waals surface area contributed by atoms with Crippen molar-refractivity contribution in [2.45, 2.75) is 62.3 Å². The largest absolute Gasteiger partial charge is 0.490 e. The number of fused-ring (bicyclic) bond motifs is 2. The summed E-state index contributed by atoms with van der Waals surface area (Å²) >= 11 is 0. The quantitative estimate of drug-likeness (QED) is 0.689. The molecule has 1 aromatic carbocycles. The maximum atomic E-state index is 13.3. The molecule has 0 aromatic heterocycles. The first kappa shape index (κ1) is 19.7. The van der Waals surface area contributed by atoms with Crippen molar-refractivity contribution in [3.63, 3.8) is 0 Å². The molecule has 8 heteroatoms. The second-order valence-electron chi connectivity index (χ2n) is 8.04. The fourth-order valence-corrected chi connectivity index (χ4v) is 4.44. The number of nitrogens with zero attached hydrogens (tertiary/aromatic N) is 1. The third-order valence-corrected chi connectivity index (χ3v) is 6.19. The lowest BCUT2D eigenvalue weighted by molar-refractivity contribution is -0.148. The highest BCUT2D eigenvalue weighted by molar-refractivity contribution is 6.03. The molecule has 29 heavy (non-hydrogen) atoms. The lowest BCUT2D eigenvalue weighted by atomic mass is 9.90. The summed E-state index contributed by atoms with van der Waals surface area (Å²) in [7, 11) is 2.58. The third kappa shape index (κ3) is 3.35. The summed E-state index contributed by atoms with van der Waals surface area (Å²) in [5.41, 5.74) is 6.77. The molecule has 0 saturated heterocycles. The standard InChI is InChI=1S/C21H26N2O6/c1-27-18(24)6-5-17(20(26)28-2)23-19(25)15-11-13(29-14-9-12(22)10-14)3-4-16(15)21(23)7-8-21/h3-4,11-12,14,17H,5-10,22H2,1-2H3. The van der Waals surface area contributed by atoms with E-state index in [9.17, 15) is 14.4 Å². The van der Waals surface area contributed by atoms with Crippen LogP contribution in [0.1, 0.15) is 54.4 Å². The highest BCUT2D eigenvalue weighted by Crippen LogP contribution is 2.58. The van der Waals surface area contributed by atoms with Crippen molar-refractivity contribution >= 4 is 17.8 Å². The molecule has 1 heterocycles. The van der Waals surface area contributed by atoms with Crippen molar-refractivity contribution in [3.8, 4) is 5.75 Å². The van der Waals surface area contributed by atoms with Crippen molar-refractivity contribution in [1.29, 1.82) is 0 Å². The SMILES string of the molecule is COC(=O)CCC(C(=O)OC)N1C(=O)c2cc(OC3CC(N)C3)ccc2C12CC2. The summed E-state index contributed by atoms with van der Waals surface area (Å²) < 4.78 is 15.6. The van der Waals surface area contributed by atoms with Gasteiger partial charge in [-0.25, -0.2) is 4.79 Å². The van der Waals surface area contributed by atoms with E-state index in [-0.39, 0.29) is 30.9 Å². The average Bonchev–Trinajstić information content (AvgIpc) is 3.45. The molecule has 4 rings (SSSR count). The van der Waals surface area contributed by atoms with E-state index in [2.05, 4.69) is 4.74 Å². The van der Waals surface area contributed by atoms with Crippen LogP contribution in [0.4, 0.5) is 0 Å². The Morgan fingerprint density at radius 1 is 1.24 bits per heavy atom. The van der Waals surface area contributed by atoms with Gasteiger partial charge in [0.1, 0.15) is 17.9 Å². The number of ether oxygens (including phenoxy) is 3. The highest BCUT2D eigenvalue weighted by Gasteiger charge is 2.61. The van der Waals surface area contributed by atoms with E-state index in [1.54, 1.807) is 11.0 Å². The fraction of sp³-hybridized carbons (Fsp3) is 0.571. The molecule has 3 aliphatic rings. The van der Waals surface area contributed by atoms with Crippen molar-refractivity contribution in [1.82, 2.24) is 4.90 Å². The summed E-state index contributed by atoms with van der Waals surface area (Å²) in [6.45, 7) is 0. The number of carbonyl (C=O) groups is 3. The molecule has 1 spiro atoms. The molecule has 1 atom stereocenters. The van der Waals surface area contributed by atoms with E-state index >= 15 is 0 Å². The lowest BCUT2D eigenvalue weighted by Gasteiger charge is -2.32. The summed E-state index contributed by atoms with van der Waals surface area (Å²) in [6, 6.07) is 4.90. The Morgan fingerprint density at radius 3 is 2.55 bits per heavy atom. The molecular formula is C21H26N2O6. The Hall–Kier alpha value is -2.61. The molecule has 2 aliphatic carbocycles. The van der Waals surface area contributed by atoms with Gasteiger partial charge in [0.2, 0.25) is 0 Å². The smallest absolute Gasteiger partial charge is 0.328 e. The van der Waals surface area contributed by atoms with Crippen molar-refractivity contribution in [2.75, 3.05) is 14.2 Å². The van der Waals surface area contributed by atoms with E-state index in [4.69, 9.17) is 15.2 Å². The van der Waals surface area contributed by atoms with Gasteiger partial charge in [0, 0.05) is 18.0 Å². The average molecular weight is 402 g/mol. The Bertz CT molecular complexity index is 844. The number of hydrogen-bond donors (Lipinski definition) is 1. The van der Waals surface area contributed by atoms with Crippen LogP contribution in [0.5, 0.6) is 5.75 Å². The van der Waals surface area contributed by atoms with Gasteiger partial charge in [-0.2, -0.15) is 0 Å². The maximum Gasteiger partial charge on any atom is 0.328 e. The molecule has 1 unspecified atom stereocenters. The predicted octanol–water partition coefficient (Wildman–Crippen LogP) is 1.49. The van der Waals surface area contributed by atoms with Crippen LogP contribution in [0.15, 0.2) is 18.2 Å². The van der Waals surface area contributed by atoms with Crippen LogP contribution in [-0.4, -0.2) is 55.2 Å².